The number of ether oxygens (including phenoxy) is 4. The van der Waals surface area contributed by atoms with Crippen LogP contribution in [0.4, 0.5) is 11.4 Å². The average Bonchev–Trinajstić information content (AvgIpc) is 2.68. The second-order valence-electron chi connectivity index (χ2n) is 6.10. The number of nitrogens with one attached hydrogen (secondary N) is 1. The number of nitrogens with two attached hydrogens (primary N) is 1. The van der Waals surface area contributed by atoms with Crippen LogP contribution in [0.3, 0.4) is 0 Å². The molecule has 0 aliphatic carbocycles. The minimum absolute atomic E-state index is 0.208. The Balaban J connectivity index is 0.000000278. The van der Waals surface area contributed by atoms with Gasteiger partial charge in [-0.3, -0.25) is 0 Å². The van der Waals surface area contributed by atoms with Crippen molar-refractivity contribution in [1.82, 2.24) is 9.97 Å². The van der Waals surface area contributed by atoms with E-state index >= 15 is 0 Å². The number of carbonyl (C=O) groups is 2. The van der Waals surface area contributed by atoms with Crippen LogP contribution in [0.25, 0.3) is 0 Å². The van der Waals surface area contributed by atoms with Crippen molar-refractivity contribution in [2.45, 2.75) is 19.6 Å². The standard InChI is InChI=1S/C13H14N2O5.C6H8N2O/c1-13(2)19-11(16)9(12(17)20-13)7-14-8-4-5-10(18-3)15-6-8;1-9-6-3-2-5(7)4-8-6/h4-7,14H,1-3H3;2-4H,7H2,1H3. The lowest BCUT2D eigenvalue weighted by Crippen LogP contribution is -2.42. The predicted molar refractivity (Wildman–Crippen MR) is 104 cm³/mol. The highest BCUT2D eigenvalue weighted by molar-refractivity contribution is 6.15. The van der Waals surface area contributed by atoms with Crippen LogP contribution >= 0.6 is 0 Å². The van der Waals surface area contributed by atoms with E-state index in [1.807, 2.05) is 0 Å². The fourth-order valence-corrected chi connectivity index (χ4v) is 2.03. The van der Waals surface area contributed by atoms with Gasteiger partial charge in [0.1, 0.15) is 0 Å². The molecule has 154 valence electrons. The van der Waals surface area contributed by atoms with Gasteiger partial charge in [0.05, 0.1) is 38.0 Å². The number of nitrogen functional groups attached to an aromatic ring is 1. The number of methoxy groups -OCH3 is 2. The first-order valence-corrected chi connectivity index (χ1v) is 8.43. The molecule has 0 amide bonds. The van der Waals surface area contributed by atoms with E-state index in [0.717, 1.165) is 0 Å². The summed E-state index contributed by atoms with van der Waals surface area (Å²) in [5.41, 5.74) is 6.39. The first-order valence-electron chi connectivity index (χ1n) is 8.43. The minimum Gasteiger partial charge on any atom is -0.481 e. The molecule has 2 aromatic heterocycles. The number of aromatic nitrogens is 2. The molecule has 0 aromatic carbocycles. The van der Waals surface area contributed by atoms with Gasteiger partial charge in [-0.1, -0.05) is 0 Å². The van der Waals surface area contributed by atoms with E-state index in [1.54, 1.807) is 37.6 Å². The van der Waals surface area contributed by atoms with E-state index < -0.39 is 17.7 Å². The van der Waals surface area contributed by atoms with E-state index in [-0.39, 0.29) is 5.57 Å². The summed E-state index contributed by atoms with van der Waals surface area (Å²) in [7, 11) is 3.08. The van der Waals surface area contributed by atoms with E-state index in [0.29, 0.717) is 23.1 Å². The molecule has 0 spiro atoms. The maximum atomic E-state index is 11.7. The summed E-state index contributed by atoms with van der Waals surface area (Å²) in [6.45, 7) is 2.97. The van der Waals surface area contributed by atoms with Crippen LogP contribution in [-0.4, -0.2) is 41.9 Å². The monoisotopic (exact) mass is 402 g/mol. The maximum absolute atomic E-state index is 11.7. The second kappa shape index (κ2) is 9.40. The lowest BCUT2D eigenvalue weighted by atomic mass is 10.2. The molecule has 0 radical (unpaired) electrons. The molecule has 0 unspecified atom stereocenters. The Bertz CT molecular complexity index is 857. The highest BCUT2D eigenvalue weighted by Crippen LogP contribution is 2.22. The molecule has 1 fully saturated rings. The minimum atomic E-state index is -1.24. The van der Waals surface area contributed by atoms with Gasteiger partial charge in [0.15, 0.2) is 5.57 Å². The fourth-order valence-electron chi connectivity index (χ4n) is 2.03. The summed E-state index contributed by atoms with van der Waals surface area (Å²) in [6, 6.07) is 6.79. The maximum Gasteiger partial charge on any atom is 0.350 e. The van der Waals surface area contributed by atoms with E-state index in [1.165, 1.54) is 33.4 Å². The number of hydrogen-bond donors (Lipinski definition) is 2. The zero-order chi connectivity index (χ0) is 21.4. The van der Waals surface area contributed by atoms with Gasteiger partial charge in [-0.15, -0.1) is 0 Å². The van der Waals surface area contributed by atoms with E-state index in [2.05, 4.69) is 15.3 Å². The Kier molecular flexibility index (Phi) is 6.96. The van der Waals surface area contributed by atoms with Gasteiger partial charge in [0.25, 0.3) is 5.79 Å². The van der Waals surface area contributed by atoms with Crippen LogP contribution < -0.4 is 20.5 Å². The zero-order valence-electron chi connectivity index (χ0n) is 16.5. The van der Waals surface area contributed by atoms with Crippen LogP contribution in [0.5, 0.6) is 11.8 Å². The van der Waals surface area contributed by atoms with Crippen LogP contribution in [0, 0.1) is 0 Å². The molecule has 2 aromatic rings. The third-order valence-electron chi connectivity index (χ3n) is 3.41. The van der Waals surface area contributed by atoms with Gasteiger partial charge in [-0.25, -0.2) is 19.6 Å². The molecule has 29 heavy (non-hydrogen) atoms. The molecule has 10 nitrogen and oxygen atoms in total. The van der Waals surface area contributed by atoms with Crippen molar-refractivity contribution in [2.75, 3.05) is 25.3 Å². The number of anilines is 2. The number of nitrogens with zero attached hydrogens (tertiary/aromatic N) is 2. The molecule has 3 heterocycles. The normalized spacial score (nSPS) is 14.6. The number of cyclic esters (lactones) is 2. The van der Waals surface area contributed by atoms with Crippen molar-refractivity contribution >= 4 is 23.3 Å². The smallest absolute Gasteiger partial charge is 0.350 e. The lowest BCUT2D eigenvalue weighted by molar-refractivity contribution is -0.222. The van der Waals surface area contributed by atoms with Crippen LogP contribution in [-0.2, 0) is 19.1 Å². The Morgan fingerprint density at radius 3 is 1.97 bits per heavy atom. The quantitative estimate of drug-likeness (QED) is 0.443. The van der Waals surface area contributed by atoms with E-state index in [4.69, 9.17) is 24.7 Å². The summed E-state index contributed by atoms with van der Waals surface area (Å²) in [5, 5.41) is 2.77. The summed E-state index contributed by atoms with van der Waals surface area (Å²) in [4.78, 5) is 31.2. The Morgan fingerprint density at radius 1 is 0.966 bits per heavy atom. The molecular weight excluding hydrogens is 380 g/mol. The van der Waals surface area contributed by atoms with Crippen molar-refractivity contribution < 1.29 is 28.5 Å². The molecule has 0 atom stereocenters. The van der Waals surface area contributed by atoms with Crippen molar-refractivity contribution in [3.63, 3.8) is 0 Å². The van der Waals surface area contributed by atoms with Gasteiger partial charge < -0.3 is 30.0 Å². The van der Waals surface area contributed by atoms with E-state index in [9.17, 15) is 9.59 Å². The number of carbonyl (C=O) groups excluding carboxylic acids is 2. The van der Waals surface area contributed by atoms with Crippen molar-refractivity contribution in [3.05, 3.63) is 48.4 Å². The lowest BCUT2D eigenvalue weighted by Gasteiger charge is -2.29. The first-order chi connectivity index (χ1) is 13.7. The molecule has 10 heteroatoms. The van der Waals surface area contributed by atoms with Gasteiger partial charge in [-0.05, 0) is 12.1 Å². The molecule has 0 bridgehead atoms. The number of esters is 2. The summed E-state index contributed by atoms with van der Waals surface area (Å²) < 4.78 is 19.6. The molecule has 1 saturated heterocycles. The Hall–Kier alpha value is -3.82. The first kappa shape index (κ1) is 21.5. The number of pyridine rings is 2. The SMILES string of the molecule is COc1ccc(N)cn1.COc1ccc(NC=C2C(=O)OC(C)(C)OC2=O)cn1. The third-order valence-corrected chi connectivity index (χ3v) is 3.41. The van der Waals surface area contributed by atoms with Crippen LogP contribution in [0.1, 0.15) is 13.8 Å². The molecule has 3 N–H and O–H groups in total. The summed E-state index contributed by atoms with van der Waals surface area (Å²) in [5.74, 6) is -1.67. The predicted octanol–water partition coefficient (Wildman–Crippen LogP) is 1.89. The highest BCUT2D eigenvalue weighted by atomic mass is 16.7. The molecule has 3 rings (SSSR count). The van der Waals surface area contributed by atoms with Crippen LogP contribution in [0.2, 0.25) is 0 Å². The molecular formula is C19H22N4O6. The second-order valence-corrected chi connectivity index (χ2v) is 6.10. The molecule has 1 aliphatic heterocycles. The van der Waals surface area contributed by atoms with Gasteiger partial charge in [0, 0.05) is 32.2 Å². The van der Waals surface area contributed by atoms with Gasteiger partial charge in [-0.2, -0.15) is 0 Å². The Morgan fingerprint density at radius 2 is 1.52 bits per heavy atom. The van der Waals surface area contributed by atoms with Crippen molar-refractivity contribution in [1.29, 1.82) is 0 Å². The average molecular weight is 402 g/mol. The third kappa shape index (κ3) is 6.38. The van der Waals surface area contributed by atoms with Crippen molar-refractivity contribution in [2.24, 2.45) is 0 Å². The summed E-state index contributed by atoms with van der Waals surface area (Å²) >= 11 is 0. The molecule has 0 saturated carbocycles. The fraction of sp³-hybridized carbons (Fsp3) is 0.263. The largest absolute Gasteiger partial charge is 0.481 e. The van der Waals surface area contributed by atoms with Gasteiger partial charge >= 0.3 is 11.9 Å². The molecule has 1 aliphatic rings. The number of rotatable bonds is 4. The van der Waals surface area contributed by atoms with Crippen LogP contribution in [0.15, 0.2) is 48.4 Å². The van der Waals surface area contributed by atoms with Crippen molar-refractivity contribution in [3.8, 4) is 11.8 Å². The zero-order valence-corrected chi connectivity index (χ0v) is 16.5. The Labute approximate surface area is 167 Å². The highest BCUT2D eigenvalue weighted by Gasteiger charge is 2.38. The topological polar surface area (TPSA) is 135 Å². The summed E-state index contributed by atoms with van der Waals surface area (Å²) in [6.07, 6.45) is 4.28. The van der Waals surface area contributed by atoms with Gasteiger partial charge in [0.2, 0.25) is 11.8 Å². The number of hydrogen-bond acceptors (Lipinski definition) is 10.